The maximum absolute atomic E-state index is 13.3. The van der Waals surface area contributed by atoms with E-state index in [0.29, 0.717) is 18.6 Å². The summed E-state index contributed by atoms with van der Waals surface area (Å²) in [5.74, 6) is -0.340. The molecule has 1 saturated heterocycles. The van der Waals surface area contributed by atoms with Crippen molar-refractivity contribution in [3.8, 4) is 0 Å². The van der Waals surface area contributed by atoms with E-state index in [2.05, 4.69) is 24.2 Å². The van der Waals surface area contributed by atoms with Crippen molar-refractivity contribution in [2.24, 2.45) is 0 Å². The van der Waals surface area contributed by atoms with Gasteiger partial charge in [-0.3, -0.25) is 0 Å². The van der Waals surface area contributed by atoms with Crippen LogP contribution in [0.3, 0.4) is 0 Å². The van der Waals surface area contributed by atoms with Crippen molar-refractivity contribution < 1.29 is 4.39 Å². The number of piperidine rings is 1. The lowest BCUT2D eigenvalue weighted by Crippen LogP contribution is -2.45. The zero-order valence-corrected chi connectivity index (χ0v) is 11.7. The molecule has 2 nitrogen and oxygen atoms in total. The van der Waals surface area contributed by atoms with E-state index >= 15 is 0 Å². The number of nitrogens with one attached hydrogen (secondary N) is 1. The van der Waals surface area contributed by atoms with Crippen molar-refractivity contribution >= 4 is 11.6 Å². The highest BCUT2D eigenvalue weighted by atomic mass is 35.5. The van der Waals surface area contributed by atoms with Crippen molar-refractivity contribution in [2.75, 3.05) is 13.6 Å². The van der Waals surface area contributed by atoms with Crippen LogP contribution < -0.4 is 5.32 Å². The van der Waals surface area contributed by atoms with Gasteiger partial charge in [-0.25, -0.2) is 4.39 Å². The molecule has 0 aliphatic carbocycles. The topological polar surface area (TPSA) is 15.3 Å². The Morgan fingerprint density at radius 3 is 2.94 bits per heavy atom. The molecular formula is C14H20ClFN2. The monoisotopic (exact) mass is 270 g/mol. The van der Waals surface area contributed by atoms with Crippen molar-refractivity contribution in [1.29, 1.82) is 0 Å². The Labute approximate surface area is 113 Å². The first-order valence-corrected chi connectivity index (χ1v) is 6.81. The van der Waals surface area contributed by atoms with Gasteiger partial charge in [-0.2, -0.15) is 0 Å². The Bertz CT molecular complexity index is 411. The number of benzene rings is 1. The summed E-state index contributed by atoms with van der Waals surface area (Å²) >= 11 is 5.66. The number of hydrogen-bond donors (Lipinski definition) is 1. The fraction of sp³-hybridized carbons (Fsp3) is 0.571. The molecule has 0 aromatic heterocycles. The average molecular weight is 271 g/mol. The third kappa shape index (κ3) is 3.44. The number of hydrogen-bond acceptors (Lipinski definition) is 2. The highest BCUT2D eigenvalue weighted by molar-refractivity contribution is 6.30. The minimum atomic E-state index is -0.340. The van der Waals surface area contributed by atoms with Crippen LogP contribution in [0.5, 0.6) is 0 Å². The lowest BCUT2D eigenvalue weighted by Gasteiger charge is -2.35. The number of rotatable bonds is 3. The fourth-order valence-corrected chi connectivity index (χ4v) is 2.50. The summed E-state index contributed by atoms with van der Waals surface area (Å²) in [5, 5.41) is 3.69. The predicted octanol–water partition coefficient (Wildman–Crippen LogP) is 3.05. The summed E-state index contributed by atoms with van der Waals surface area (Å²) < 4.78 is 13.3. The van der Waals surface area contributed by atoms with Gasteiger partial charge in [-0.1, -0.05) is 17.7 Å². The Morgan fingerprint density at radius 2 is 2.28 bits per heavy atom. The van der Waals surface area contributed by atoms with Gasteiger partial charge in [-0.15, -0.1) is 0 Å². The first-order chi connectivity index (χ1) is 8.56. The van der Waals surface area contributed by atoms with Crippen molar-refractivity contribution in [3.63, 3.8) is 0 Å². The first-order valence-electron chi connectivity index (χ1n) is 6.44. The Hall–Kier alpha value is -0.640. The van der Waals surface area contributed by atoms with Gasteiger partial charge in [-0.05, 0) is 51.1 Å². The molecule has 0 saturated carbocycles. The molecule has 0 bridgehead atoms. The molecule has 1 aliphatic rings. The van der Waals surface area contributed by atoms with E-state index in [0.717, 1.165) is 24.9 Å². The zero-order chi connectivity index (χ0) is 13.1. The maximum Gasteiger partial charge on any atom is 0.142 e. The number of halogens is 2. The molecular weight excluding hydrogens is 251 g/mol. The predicted molar refractivity (Wildman–Crippen MR) is 73.4 cm³/mol. The lowest BCUT2D eigenvalue weighted by molar-refractivity contribution is 0.168. The Morgan fingerprint density at radius 1 is 1.50 bits per heavy atom. The molecule has 1 heterocycles. The van der Waals surface area contributed by atoms with Crippen molar-refractivity contribution in [2.45, 2.75) is 38.4 Å². The smallest absolute Gasteiger partial charge is 0.142 e. The summed E-state index contributed by atoms with van der Waals surface area (Å²) in [5.41, 5.74) is 0.948. The van der Waals surface area contributed by atoms with E-state index in [1.54, 1.807) is 6.07 Å². The first kappa shape index (κ1) is 13.8. The fourth-order valence-electron chi connectivity index (χ4n) is 2.39. The molecule has 1 fully saturated rings. The van der Waals surface area contributed by atoms with Gasteiger partial charge < -0.3 is 10.2 Å². The average Bonchev–Trinajstić information content (AvgIpc) is 2.35. The largest absolute Gasteiger partial charge is 0.310 e. The van der Waals surface area contributed by atoms with E-state index < -0.39 is 0 Å². The van der Waals surface area contributed by atoms with E-state index in [4.69, 9.17) is 11.6 Å². The molecule has 2 rings (SSSR count). The van der Waals surface area contributed by atoms with Crippen LogP contribution in [0.4, 0.5) is 4.39 Å². The summed E-state index contributed by atoms with van der Waals surface area (Å²) in [7, 11) is 2.16. The molecule has 1 aromatic rings. The maximum atomic E-state index is 13.3. The Balaban J connectivity index is 1.86. The van der Waals surface area contributed by atoms with E-state index in [1.165, 1.54) is 6.07 Å². The van der Waals surface area contributed by atoms with Crippen molar-refractivity contribution in [1.82, 2.24) is 10.2 Å². The zero-order valence-electron chi connectivity index (χ0n) is 10.9. The molecule has 18 heavy (non-hydrogen) atoms. The summed E-state index contributed by atoms with van der Waals surface area (Å²) in [4.78, 5) is 2.38. The van der Waals surface area contributed by atoms with Crippen molar-refractivity contribution in [3.05, 3.63) is 34.6 Å². The quantitative estimate of drug-likeness (QED) is 0.908. The molecule has 1 aliphatic heterocycles. The minimum absolute atomic E-state index is 0.187. The number of likely N-dealkylation sites (tertiary alicyclic amines) is 1. The lowest BCUT2D eigenvalue weighted by atomic mass is 9.99. The number of nitrogens with zero attached hydrogens (tertiary/aromatic N) is 1. The summed E-state index contributed by atoms with van der Waals surface area (Å²) in [6, 6.07) is 6.13. The van der Waals surface area contributed by atoms with Gasteiger partial charge in [0.15, 0.2) is 0 Å². The van der Waals surface area contributed by atoms with Crippen LogP contribution >= 0.6 is 11.6 Å². The van der Waals surface area contributed by atoms with Gasteiger partial charge in [0.2, 0.25) is 0 Å². The molecule has 100 valence electrons. The molecule has 2 unspecified atom stereocenters. The normalized spacial score (nSPS) is 25.3. The summed E-state index contributed by atoms with van der Waals surface area (Å²) in [6.07, 6.45) is 2.30. The second-order valence-corrected chi connectivity index (χ2v) is 5.59. The highest BCUT2D eigenvalue weighted by Crippen LogP contribution is 2.18. The van der Waals surface area contributed by atoms with E-state index in [1.807, 2.05) is 6.07 Å². The molecule has 0 amide bonds. The van der Waals surface area contributed by atoms with Gasteiger partial charge >= 0.3 is 0 Å². The molecule has 1 N–H and O–H groups in total. The standard InChI is InChI=1S/C14H20ClFN2/c1-10-7-12(5-6-18(10)2)17-9-11-3-4-13(15)14(16)8-11/h3-4,8,10,12,17H,5-7,9H2,1-2H3. The van der Waals surface area contributed by atoms with Crippen LogP contribution in [0.1, 0.15) is 25.3 Å². The molecule has 2 atom stereocenters. The van der Waals surface area contributed by atoms with Gasteiger partial charge in [0.25, 0.3) is 0 Å². The van der Waals surface area contributed by atoms with Crippen LogP contribution in [0, 0.1) is 5.82 Å². The van der Waals surface area contributed by atoms with Gasteiger partial charge in [0.1, 0.15) is 5.82 Å². The SMILES string of the molecule is CC1CC(NCc2ccc(Cl)c(F)c2)CCN1C. The molecule has 0 radical (unpaired) electrons. The summed E-state index contributed by atoms with van der Waals surface area (Å²) in [6.45, 7) is 4.07. The van der Waals surface area contributed by atoms with Gasteiger partial charge in [0, 0.05) is 18.6 Å². The van der Waals surface area contributed by atoms with E-state index in [9.17, 15) is 4.39 Å². The van der Waals surface area contributed by atoms with Crippen LogP contribution in [-0.2, 0) is 6.54 Å². The Kier molecular flexibility index (Phi) is 4.60. The second-order valence-electron chi connectivity index (χ2n) is 5.18. The minimum Gasteiger partial charge on any atom is -0.310 e. The third-order valence-electron chi connectivity index (χ3n) is 3.79. The highest BCUT2D eigenvalue weighted by Gasteiger charge is 2.22. The van der Waals surface area contributed by atoms with Crippen LogP contribution in [0.25, 0.3) is 0 Å². The van der Waals surface area contributed by atoms with Gasteiger partial charge in [0.05, 0.1) is 5.02 Å². The molecule has 4 heteroatoms. The third-order valence-corrected chi connectivity index (χ3v) is 4.09. The van der Waals surface area contributed by atoms with Crippen LogP contribution in [0.15, 0.2) is 18.2 Å². The molecule has 1 aromatic carbocycles. The van der Waals surface area contributed by atoms with Crippen LogP contribution in [0.2, 0.25) is 5.02 Å². The second kappa shape index (κ2) is 6.00. The van der Waals surface area contributed by atoms with Crippen LogP contribution in [-0.4, -0.2) is 30.6 Å². The molecule has 0 spiro atoms. The van der Waals surface area contributed by atoms with E-state index in [-0.39, 0.29) is 10.8 Å².